The minimum atomic E-state index is -0.200. The molecule has 0 aromatic heterocycles. The SMILES string of the molecule is COc1ccc(CCNCc2cc(Br)ccc2OCC(=O)Nc2ccc(C)cc2)cc1OC. The molecular formula is C26H29BrN2O4. The molecule has 0 fully saturated rings. The lowest BCUT2D eigenvalue weighted by atomic mass is 10.1. The molecule has 0 atom stereocenters. The van der Waals surface area contributed by atoms with Gasteiger partial charge in [0.25, 0.3) is 5.91 Å². The third-order valence-corrected chi connectivity index (χ3v) is 5.56. The van der Waals surface area contributed by atoms with Crippen LogP contribution in [0.2, 0.25) is 0 Å². The summed E-state index contributed by atoms with van der Waals surface area (Å²) in [7, 11) is 3.26. The molecule has 33 heavy (non-hydrogen) atoms. The van der Waals surface area contributed by atoms with Gasteiger partial charge in [-0.1, -0.05) is 39.7 Å². The van der Waals surface area contributed by atoms with E-state index in [2.05, 4.69) is 26.6 Å². The van der Waals surface area contributed by atoms with Crippen molar-refractivity contribution in [1.82, 2.24) is 5.32 Å². The Hall–Kier alpha value is -3.03. The number of carbonyl (C=O) groups excluding carboxylic acids is 1. The Labute approximate surface area is 203 Å². The van der Waals surface area contributed by atoms with Crippen molar-refractivity contribution in [1.29, 1.82) is 0 Å². The lowest BCUT2D eigenvalue weighted by molar-refractivity contribution is -0.118. The molecule has 0 aliphatic carbocycles. The molecule has 0 radical (unpaired) electrons. The van der Waals surface area contributed by atoms with E-state index in [-0.39, 0.29) is 12.5 Å². The Kier molecular flexibility index (Phi) is 9.15. The van der Waals surface area contributed by atoms with E-state index >= 15 is 0 Å². The summed E-state index contributed by atoms with van der Waals surface area (Å²) >= 11 is 3.51. The zero-order valence-corrected chi connectivity index (χ0v) is 20.7. The predicted molar refractivity (Wildman–Crippen MR) is 134 cm³/mol. The van der Waals surface area contributed by atoms with Gasteiger partial charge in [0.15, 0.2) is 18.1 Å². The van der Waals surface area contributed by atoms with Crippen LogP contribution in [0.5, 0.6) is 17.2 Å². The molecule has 0 spiro atoms. The van der Waals surface area contributed by atoms with Crippen molar-refractivity contribution in [2.24, 2.45) is 0 Å². The van der Waals surface area contributed by atoms with Crippen LogP contribution < -0.4 is 24.8 Å². The fraction of sp³-hybridized carbons (Fsp3) is 0.269. The summed E-state index contributed by atoms with van der Waals surface area (Å²) < 4.78 is 17.4. The van der Waals surface area contributed by atoms with Gasteiger partial charge < -0.3 is 24.8 Å². The Morgan fingerprint density at radius 3 is 2.36 bits per heavy atom. The topological polar surface area (TPSA) is 68.8 Å². The number of amides is 1. The lowest BCUT2D eigenvalue weighted by Crippen LogP contribution is -2.21. The molecule has 7 heteroatoms. The number of nitrogens with one attached hydrogen (secondary N) is 2. The Morgan fingerprint density at radius 1 is 0.909 bits per heavy atom. The second-order valence-corrected chi connectivity index (χ2v) is 8.49. The summed E-state index contributed by atoms with van der Waals surface area (Å²) in [5, 5.41) is 6.29. The predicted octanol–water partition coefficient (Wildman–Crippen LogP) is 5.12. The third kappa shape index (κ3) is 7.51. The molecule has 0 aliphatic heterocycles. The van der Waals surface area contributed by atoms with Crippen LogP contribution in [0.15, 0.2) is 65.1 Å². The monoisotopic (exact) mass is 512 g/mol. The number of anilines is 1. The third-order valence-electron chi connectivity index (χ3n) is 5.07. The minimum absolute atomic E-state index is 0.0614. The first-order chi connectivity index (χ1) is 16.0. The van der Waals surface area contributed by atoms with Gasteiger partial charge in [-0.05, 0) is 67.9 Å². The first kappa shape index (κ1) is 24.6. The number of rotatable bonds is 11. The van der Waals surface area contributed by atoms with Crippen LogP contribution in [-0.2, 0) is 17.8 Å². The summed E-state index contributed by atoms with van der Waals surface area (Å²) in [5.74, 6) is 1.92. The summed E-state index contributed by atoms with van der Waals surface area (Å²) in [5.41, 5.74) is 4.02. The van der Waals surface area contributed by atoms with Crippen molar-refractivity contribution >= 4 is 27.5 Å². The number of benzene rings is 3. The summed E-state index contributed by atoms with van der Waals surface area (Å²) in [6.07, 6.45) is 0.837. The van der Waals surface area contributed by atoms with Gasteiger partial charge in [-0.15, -0.1) is 0 Å². The van der Waals surface area contributed by atoms with Crippen molar-refractivity contribution < 1.29 is 19.0 Å². The highest BCUT2D eigenvalue weighted by atomic mass is 79.9. The van der Waals surface area contributed by atoms with Crippen LogP contribution in [0.1, 0.15) is 16.7 Å². The molecule has 0 unspecified atom stereocenters. The van der Waals surface area contributed by atoms with Gasteiger partial charge in [-0.25, -0.2) is 0 Å². The van der Waals surface area contributed by atoms with E-state index in [0.717, 1.165) is 51.3 Å². The molecular weight excluding hydrogens is 484 g/mol. The van der Waals surface area contributed by atoms with E-state index in [1.807, 2.05) is 67.6 Å². The van der Waals surface area contributed by atoms with Crippen LogP contribution in [0.25, 0.3) is 0 Å². The normalized spacial score (nSPS) is 10.5. The molecule has 2 N–H and O–H groups in total. The maximum atomic E-state index is 12.3. The summed E-state index contributed by atoms with van der Waals surface area (Å²) in [4.78, 5) is 12.3. The van der Waals surface area contributed by atoms with Gasteiger partial charge >= 0.3 is 0 Å². The van der Waals surface area contributed by atoms with Gasteiger partial charge in [0, 0.05) is 22.3 Å². The fourth-order valence-corrected chi connectivity index (χ4v) is 3.70. The average Bonchev–Trinajstić information content (AvgIpc) is 2.82. The minimum Gasteiger partial charge on any atom is -0.493 e. The Bertz CT molecular complexity index is 1070. The molecule has 0 bridgehead atoms. The summed E-state index contributed by atoms with van der Waals surface area (Å²) in [6.45, 7) is 3.33. The first-order valence-corrected chi connectivity index (χ1v) is 11.5. The van der Waals surface area contributed by atoms with Gasteiger partial charge in [0.2, 0.25) is 0 Å². The highest BCUT2D eigenvalue weighted by Gasteiger charge is 2.09. The van der Waals surface area contributed by atoms with Gasteiger partial charge in [-0.3, -0.25) is 4.79 Å². The molecule has 0 heterocycles. The van der Waals surface area contributed by atoms with E-state index in [1.165, 1.54) is 0 Å². The van der Waals surface area contributed by atoms with Crippen molar-refractivity contribution in [2.75, 3.05) is 32.7 Å². The van der Waals surface area contributed by atoms with E-state index in [1.54, 1.807) is 14.2 Å². The van der Waals surface area contributed by atoms with Crippen LogP contribution in [-0.4, -0.2) is 33.3 Å². The van der Waals surface area contributed by atoms with Crippen molar-refractivity contribution in [2.45, 2.75) is 19.9 Å². The van der Waals surface area contributed by atoms with Crippen LogP contribution in [0.3, 0.4) is 0 Å². The fourth-order valence-electron chi connectivity index (χ4n) is 3.30. The zero-order chi connectivity index (χ0) is 23.6. The summed E-state index contributed by atoms with van der Waals surface area (Å²) in [6, 6.07) is 19.4. The maximum absolute atomic E-state index is 12.3. The highest BCUT2D eigenvalue weighted by Crippen LogP contribution is 2.28. The van der Waals surface area contributed by atoms with Gasteiger partial charge in [-0.2, -0.15) is 0 Å². The largest absolute Gasteiger partial charge is 0.493 e. The van der Waals surface area contributed by atoms with E-state index < -0.39 is 0 Å². The van der Waals surface area contributed by atoms with Crippen molar-refractivity contribution in [3.63, 3.8) is 0 Å². The standard InChI is InChI=1S/C26H29BrN2O4/c1-18-4-8-22(9-5-18)29-26(30)17-33-23-11-7-21(27)15-20(23)16-28-13-12-19-6-10-24(31-2)25(14-19)32-3/h4-11,14-15,28H,12-13,16-17H2,1-3H3,(H,29,30). The Morgan fingerprint density at radius 2 is 1.64 bits per heavy atom. The number of hydrogen-bond donors (Lipinski definition) is 2. The lowest BCUT2D eigenvalue weighted by Gasteiger charge is -2.14. The molecule has 3 rings (SSSR count). The number of aryl methyl sites for hydroxylation is 1. The number of ether oxygens (including phenoxy) is 3. The highest BCUT2D eigenvalue weighted by molar-refractivity contribution is 9.10. The van der Waals surface area contributed by atoms with Gasteiger partial charge in [0.05, 0.1) is 14.2 Å². The first-order valence-electron chi connectivity index (χ1n) is 10.7. The zero-order valence-electron chi connectivity index (χ0n) is 19.1. The molecule has 6 nitrogen and oxygen atoms in total. The van der Waals surface area contributed by atoms with Crippen molar-refractivity contribution in [3.05, 3.63) is 81.8 Å². The second-order valence-electron chi connectivity index (χ2n) is 7.57. The number of halogens is 1. The second kappa shape index (κ2) is 12.3. The van der Waals surface area contributed by atoms with E-state index in [9.17, 15) is 4.79 Å². The van der Waals surface area contributed by atoms with Crippen LogP contribution >= 0.6 is 15.9 Å². The molecule has 1 amide bonds. The molecule has 174 valence electrons. The number of hydrogen-bond acceptors (Lipinski definition) is 5. The molecule has 0 aliphatic rings. The average molecular weight is 513 g/mol. The molecule has 3 aromatic rings. The molecule has 3 aromatic carbocycles. The molecule has 0 saturated heterocycles. The quantitative estimate of drug-likeness (QED) is 0.348. The molecule has 0 saturated carbocycles. The maximum Gasteiger partial charge on any atom is 0.262 e. The van der Waals surface area contributed by atoms with E-state index in [4.69, 9.17) is 14.2 Å². The number of methoxy groups -OCH3 is 2. The smallest absolute Gasteiger partial charge is 0.262 e. The number of carbonyl (C=O) groups is 1. The van der Waals surface area contributed by atoms with Crippen LogP contribution in [0.4, 0.5) is 5.69 Å². The van der Waals surface area contributed by atoms with Crippen LogP contribution in [0, 0.1) is 6.92 Å². The van der Waals surface area contributed by atoms with Crippen molar-refractivity contribution in [3.8, 4) is 17.2 Å². The van der Waals surface area contributed by atoms with Gasteiger partial charge in [0.1, 0.15) is 5.75 Å². The van der Waals surface area contributed by atoms with E-state index in [0.29, 0.717) is 12.3 Å². The Balaban J connectivity index is 1.52.